The molecule has 0 aliphatic carbocycles. The van der Waals surface area contributed by atoms with Crippen LogP contribution in [-0.4, -0.2) is 34.8 Å². The molecule has 0 saturated carbocycles. The molecule has 0 unspecified atom stereocenters. The predicted octanol–water partition coefficient (Wildman–Crippen LogP) is 5.63. The summed E-state index contributed by atoms with van der Waals surface area (Å²) in [6, 6.07) is 15.2. The zero-order valence-electron chi connectivity index (χ0n) is 18.2. The van der Waals surface area contributed by atoms with Gasteiger partial charge in [0.2, 0.25) is 0 Å². The summed E-state index contributed by atoms with van der Waals surface area (Å²) in [5.41, 5.74) is 9.71. The molecule has 2 aromatic carbocycles. The number of piperidine rings is 1. The second-order valence-corrected chi connectivity index (χ2v) is 8.45. The van der Waals surface area contributed by atoms with Gasteiger partial charge in [0.25, 0.3) is 11.8 Å². The van der Waals surface area contributed by atoms with Crippen molar-refractivity contribution in [1.82, 2.24) is 9.88 Å². The Labute approximate surface area is 194 Å². The van der Waals surface area contributed by atoms with Crippen LogP contribution in [-0.2, 0) is 6.54 Å². The number of carbonyl (C=O) groups is 1. The average molecular weight is 465 g/mol. The van der Waals surface area contributed by atoms with Crippen LogP contribution in [0.4, 0.5) is 13.2 Å². The van der Waals surface area contributed by atoms with E-state index in [-0.39, 0.29) is 44.2 Å². The first-order valence-electron chi connectivity index (χ1n) is 11.0. The summed E-state index contributed by atoms with van der Waals surface area (Å²) in [6.07, 6.45) is 0.810. The summed E-state index contributed by atoms with van der Waals surface area (Å²) in [6.45, 7) is 0.287. The molecule has 3 heterocycles. The molecule has 1 fully saturated rings. The lowest BCUT2D eigenvalue weighted by Gasteiger charge is -2.31. The zero-order valence-corrected chi connectivity index (χ0v) is 18.2. The first-order chi connectivity index (χ1) is 16.3. The maximum atomic E-state index is 13.5. The lowest BCUT2D eigenvalue weighted by Crippen LogP contribution is -2.42. The maximum absolute atomic E-state index is 13.5. The second kappa shape index (κ2) is 8.61. The average Bonchev–Trinajstić information content (AvgIpc) is 3.27. The summed E-state index contributed by atoms with van der Waals surface area (Å²) in [7, 11) is 0. The van der Waals surface area contributed by atoms with Crippen molar-refractivity contribution < 1.29 is 22.4 Å². The fraction of sp³-hybridized carbons (Fsp3) is 0.231. The van der Waals surface area contributed by atoms with Gasteiger partial charge < -0.3 is 15.1 Å². The molecular formula is C26H22F3N3O2. The molecular weight excluding hydrogens is 443 g/mol. The molecule has 0 atom stereocenters. The number of alkyl halides is 2. The Hall–Kier alpha value is -3.65. The number of furan rings is 1. The first-order valence-corrected chi connectivity index (χ1v) is 11.0. The fourth-order valence-electron chi connectivity index (χ4n) is 4.21. The SMILES string of the molecule is NCc1cc2cc(-c3ccc(C(=O)N4CCC(F)(F)CC4)cn3)cc(-c3ccc(F)cc3)c2o1. The number of hydrogen-bond acceptors (Lipinski definition) is 4. The van der Waals surface area contributed by atoms with Crippen LogP contribution in [0.5, 0.6) is 0 Å². The van der Waals surface area contributed by atoms with E-state index in [0.29, 0.717) is 22.6 Å². The lowest BCUT2D eigenvalue weighted by atomic mass is 9.98. The van der Waals surface area contributed by atoms with Crippen molar-refractivity contribution in [3.63, 3.8) is 0 Å². The number of nitrogens with two attached hydrogens (primary N) is 1. The Bertz CT molecular complexity index is 1340. The van der Waals surface area contributed by atoms with Gasteiger partial charge in [0.1, 0.15) is 17.2 Å². The number of carbonyl (C=O) groups excluding carboxylic acids is 1. The Morgan fingerprint density at radius 3 is 2.41 bits per heavy atom. The predicted molar refractivity (Wildman–Crippen MR) is 123 cm³/mol. The van der Waals surface area contributed by atoms with Gasteiger partial charge in [0, 0.05) is 48.6 Å². The minimum Gasteiger partial charge on any atom is -0.459 e. The highest BCUT2D eigenvalue weighted by atomic mass is 19.3. The van der Waals surface area contributed by atoms with Crippen LogP contribution in [0.3, 0.4) is 0 Å². The monoisotopic (exact) mass is 465 g/mol. The van der Waals surface area contributed by atoms with Crippen LogP contribution in [0, 0.1) is 5.82 Å². The largest absolute Gasteiger partial charge is 0.459 e. The highest BCUT2D eigenvalue weighted by molar-refractivity contribution is 5.97. The van der Waals surface area contributed by atoms with Crippen LogP contribution < -0.4 is 5.73 Å². The van der Waals surface area contributed by atoms with E-state index in [1.165, 1.54) is 23.2 Å². The number of hydrogen-bond donors (Lipinski definition) is 1. The summed E-state index contributed by atoms with van der Waals surface area (Å²) >= 11 is 0. The molecule has 1 aliphatic rings. The fourth-order valence-corrected chi connectivity index (χ4v) is 4.21. The third-order valence-electron chi connectivity index (χ3n) is 6.11. The van der Waals surface area contributed by atoms with Gasteiger partial charge in [0.05, 0.1) is 17.8 Å². The van der Waals surface area contributed by atoms with E-state index >= 15 is 0 Å². The first kappa shape index (κ1) is 22.2. The van der Waals surface area contributed by atoms with Crippen molar-refractivity contribution in [2.75, 3.05) is 13.1 Å². The van der Waals surface area contributed by atoms with E-state index < -0.39 is 5.92 Å². The van der Waals surface area contributed by atoms with Crippen LogP contribution >= 0.6 is 0 Å². The number of amides is 1. The molecule has 174 valence electrons. The van der Waals surface area contributed by atoms with Gasteiger partial charge >= 0.3 is 0 Å². The normalized spacial score (nSPS) is 15.6. The Morgan fingerprint density at radius 2 is 1.76 bits per heavy atom. The molecule has 0 radical (unpaired) electrons. The minimum absolute atomic E-state index is 0.0231. The number of likely N-dealkylation sites (tertiary alicyclic amines) is 1. The Balaban J connectivity index is 1.48. The molecule has 5 rings (SSSR count). The van der Waals surface area contributed by atoms with Crippen LogP contribution in [0.15, 0.2) is 65.2 Å². The quantitative estimate of drug-likeness (QED) is 0.424. The smallest absolute Gasteiger partial charge is 0.255 e. The molecule has 2 aromatic heterocycles. The number of benzene rings is 2. The van der Waals surface area contributed by atoms with Crippen LogP contribution in [0.1, 0.15) is 29.0 Å². The number of fused-ring (bicyclic) bond motifs is 1. The highest BCUT2D eigenvalue weighted by Crippen LogP contribution is 2.36. The maximum Gasteiger partial charge on any atom is 0.255 e. The third-order valence-corrected chi connectivity index (χ3v) is 6.11. The van der Waals surface area contributed by atoms with E-state index in [1.807, 2.05) is 18.2 Å². The van der Waals surface area contributed by atoms with Gasteiger partial charge in [-0.2, -0.15) is 0 Å². The standard InChI is InChI=1S/C26H22F3N3O2/c27-20-4-1-16(2-5-20)22-13-18(11-19-12-21(14-30)34-24(19)22)23-6-3-17(15-31-23)25(33)32-9-7-26(28,29)8-10-32/h1-6,11-13,15H,7-10,14,30H2. The summed E-state index contributed by atoms with van der Waals surface area (Å²) < 4.78 is 46.2. The molecule has 0 bridgehead atoms. The topological polar surface area (TPSA) is 72.4 Å². The van der Waals surface area contributed by atoms with E-state index in [2.05, 4.69) is 4.98 Å². The van der Waals surface area contributed by atoms with Crippen molar-refractivity contribution in [2.45, 2.75) is 25.3 Å². The van der Waals surface area contributed by atoms with Gasteiger partial charge in [-0.05, 0) is 48.0 Å². The van der Waals surface area contributed by atoms with Gasteiger partial charge in [-0.15, -0.1) is 0 Å². The van der Waals surface area contributed by atoms with Crippen molar-refractivity contribution in [1.29, 1.82) is 0 Å². The third kappa shape index (κ3) is 4.28. The van der Waals surface area contributed by atoms with Gasteiger partial charge in [0.15, 0.2) is 0 Å². The molecule has 1 saturated heterocycles. The summed E-state index contributed by atoms with van der Waals surface area (Å²) in [5, 5.41) is 0.827. The van der Waals surface area contributed by atoms with E-state index in [9.17, 15) is 18.0 Å². The zero-order chi connectivity index (χ0) is 23.9. The van der Waals surface area contributed by atoms with Crippen molar-refractivity contribution in [3.8, 4) is 22.4 Å². The van der Waals surface area contributed by atoms with Gasteiger partial charge in [-0.25, -0.2) is 13.2 Å². The molecule has 1 amide bonds. The number of aromatic nitrogens is 1. The van der Waals surface area contributed by atoms with Crippen LogP contribution in [0.25, 0.3) is 33.4 Å². The summed E-state index contributed by atoms with van der Waals surface area (Å²) in [4.78, 5) is 18.6. The van der Waals surface area contributed by atoms with E-state index in [0.717, 1.165) is 22.1 Å². The molecule has 8 heteroatoms. The van der Waals surface area contributed by atoms with Crippen LogP contribution in [0.2, 0.25) is 0 Å². The number of nitrogens with zero attached hydrogens (tertiary/aromatic N) is 2. The molecule has 4 aromatic rings. The minimum atomic E-state index is -2.71. The number of pyridine rings is 1. The number of halogens is 3. The molecule has 0 spiro atoms. The molecule has 5 nitrogen and oxygen atoms in total. The van der Waals surface area contributed by atoms with E-state index in [4.69, 9.17) is 10.2 Å². The highest BCUT2D eigenvalue weighted by Gasteiger charge is 2.35. The van der Waals surface area contributed by atoms with Gasteiger partial charge in [-0.1, -0.05) is 12.1 Å². The van der Waals surface area contributed by atoms with Crippen molar-refractivity contribution in [2.24, 2.45) is 5.73 Å². The lowest BCUT2D eigenvalue weighted by molar-refractivity contribution is -0.0494. The van der Waals surface area contributed by atoms with Gasteiger partial charge in [-0.3, -0.25) is 9.78 Å². The molecule has 1 aliphatic heterocycles. The molecule has 2 N–H and O–H groups in total. The second-order valence-electron chi connectivity index (χ2n) is 8.45. The van der Waals surface area contributed by atoms with E-state index in [1.54, 1.807) is 24.3 Å². The summed E-state index contributed by atoms with van der Waals surface area (Å²) in [5.74, 6) is -2.73. The van der Waals surface area contributed by atoms with Crippen molar-refractivity contribution in [3.05, 3.63) is 77.9 Å². The Kier molecular flexibility index (Phi) is 5.61. The Morgan fingerprint density at radius 1 is 1.03 bits per heavy atom. The molecule has 34 heavy (non-hydrogen) atoms. The van der Waals surface area contributed by atoms with Crippen molar-refractivity contribution >= 4 is 16.9 Å². The number of rotatable bonds is 4.